The number of aliphatic hydroxyl groups excluding tert-OH is 1. The minimum Gasteiger partial charge on any atom is -0.507 e. The molecule has 2 aromatic carbocycles. The fourth-order valence-corrected chi connectivity index (χ4v) is 4.56. The zero-order chi connectivity index (χ0) is 22.8. The highest BCUT2D eigenvalue weighted by molar-refractivity contribution is 6.47. The van der Waals surface area contributed by atoms with Crippen molar-refractivity contribution in [2.24, 2.45) is 0 Å². The largest absolute Gasteiger partial charge is 0.507 e. The average molecular weight is 456 g/mol. The third kappa shape index (κ3) is 4.25. The van der Waals surface area contributed by atoms with E-state index in [2.05, 4.69) is 0 Å². The number of ketones is 1. The molecule has 2 unspecified atom stereocenters. The number of hydrogen-bond donors (Lipinski definition) is 1. The van der Waals surface area contributed by atoms with Crippen LogP contribution in [0.5, 0.6) is 5.75 Å². The predicted octanol–water partition coefficient (Wildman–Crippen LogP) is 4.65. The number of carbonyl (C=O) groups excluding carboxylic acids is 2. The summed E-state index contributed by atoms with van der Waals surface area (Å²) in [7, 11) is 0. The third-order valence-corrected chi connectivity index (χ3v) is 6.16. The summed E-state index contributed by atoms with van der Waals surface area (Å²) in [6, 6.07) is 11.7. The Bertz CT molecular complexity index is 1070. The molecule has 1 amide bonds. The van der Waals surface area contributed by atoms with Crippen LogP contribution in [0.1, 0.15) is 42.5 Å². The Morgan fingerprint density at radius 1 is 1.25 bits per heavy atom. The lowest BCUT2D eigenvalue weighted by molar-refractivity contribution is -0.140. The molecule has 2 aliphatic heterocycles. The first-order valence-electron chi connectivity index (χ1n) is 10.8. The first-order valence-corrected chi connectivity index (χ1v) is 11.2. The van der Waals surface area contributed by atoms with Crippen molar-refractivity contribution in [1.82, 2.24) is 4.90 Å². The maximum Gasteiger partial charge on any atom is 0.295 e. The SMILES string of the molecule is CCOc1ccc(Cl)c(/C(O)=C2\C(=O)C(=O)N(CC3CCCO3)C2c2cccc(C)c2)c1. The molecule has 0 radical (unpaired) electrons. The lowest BCUT2D eigenvalue weighted by atomic mass is 9.94. The molecule has 32 heavy (non-hydrogen) atoms. The van der Waals surface area contributed by atoms with Gasteiger partial charge in [-0.15, -0.1) is 0 Å². The minimum absolute atomic E-state index is 0.0224. The van der Waals surface area contributed by atoms with Gasteiger partial charge in [0.2, 0.25) is 0 Å². The van der Waals surface area contributed by atoms with Crippen LogP contribution in [0.2, 0.25) is 5.02 Å². The van der Waals surface area contributed by atoms with Gasteiger partial charge in [0.25, 0.3) is 11.7 Å². The van der Waals surface area contributed by atoms with E-state index in [1.807, 2.05) is 38.1 Å². The van der Waals surface area contributed by atoms with Crippen LogP contribution in [-0.2, 0) is 14.3 Å². The van der Waals surface area contributed by atoms with Crippen molar-refractivity contribution in [2.75, 3.05) is 19.8 Å². The van der Waals surface area contributed by atoms with Crippen LogP contribution in [0.3, 0.4) is 0 Å². The number of hydrogen-bond acceptors (Lipinski definition) is 5. The Labute approximate surface area is 192 Å². The number of benzene rings is 2. The predicted molar refractivity (Wildman–Crippen MR) is 122 cm³/mol. The summed E-state index contributed by atoms with van der Waals surface area (Å²) in [6.45, 7) is 5.16. The number of rotatable bonds is 6. The molecule has 2 heterocycles. The third-order valence-electron chi connectivity index (χ3n) is 5.83. The summed E-state index contributed by atoms with van der Waals surface area (Å²) in [6.07, 6.45) is 1.61. The molecule has 2 fully saturated rings. The summed E-state index contributed by atoms with van der Waals surface area (Å²) < 4.78 is 11.3. The van der Waals surface area contributed by atoms with Gasteiger partial charge in [0.05, 0.1) is 29.3 Å². The van der Waals surface area contributed by atoms with Crippen LogP contribution in [0.15, 0.2) is 48.0 Å². The lowest BCUT2D eigenvalue weighted by Crippen LogP contribution is -2.36. The number of aryl methyl sites for hydroxylation is 1. The number of ether oxygens (including phenoxy) is 2. The summed E-state index contributed by atoms with van der Waals surface area (Å²) in [5.74, 6) is -1.18. The molecule has 0 spiro atoms. The van der Waals surface area contributed by atoms with Gasteiger partial charge in [0.15, 0.2) is 0 Å². The minimum atomic E-state index is -0.732. The summed E-state index contributed by atoms with van der Waals surface area (Å²) in [5, 5.41) is 11.5. The molecule has 2 atom stereocenters. The molecule has 1 N–H and O–H groups in total. The summed E-state index contributed by atoms with van der Waals surface area (Å²) in [5.41, 5.74) is 2.02. The zero-order valence-electron chi connectivity index (χ0n) is 18.1. The van der Waals surface area contributed by atoms with Gasteiger partial charge in [-0.25, -0.2) is 0 Å². The van der Waals surface area contributed by atoms with E-state index < -0.39 is 17.7 Å². The van der Waals surface area contributed by atoms with Gasteiger partial charge in [0, 0.05) is 18.7 Å². The Morgan fingerprint density at radius 2 is 2.06 bits per heavy atom. The molecule has 6 nitrogen and oxygen atoms in total. The van der Waals surface area contributed by atoms with Gasteiger partial charge in [-0.2, -0.15) is 0 Å². The van der Waals surface area contributed by atoms with Crippen LogP contribution in [0.25, 0.3) is 5.76 Å². The molecule has 4 rings (SSSR count). The van der Waals surface area contributed by atoms with Gasteiger partial charge in [0.1, 0.15) is 11.5 Å². The van der Waals surface area contributed by atoms with E-state index in [1.54, 1.807) is 18.2 Å². The number of halogens is 1. The molecule has 2 saturated heterocycles. The average Bonchev–Trinajstić information content (AvgIpc) is 3.37. The van der Waals surface area contributed by atoms with E-state index in [0.717, 1.165) is 24.0 Å². The van der Waals surface area contributed by atoms with Crippen molar-refractivity contribution >= 4 is 29.1 Å². The van der Waals surface area contributed by atoms with Gasteiger partial charge >= 0.3 is 0 Å². The van der Waals surface area contributed by atoms with E-state index in [9.17, 15) is 14.7 Å². The standard InChI is InChI=1S/C25H26ClNO5/c1-3-31-17-9-10-20(26)19(13-17)23(28)21-22(16-7-4-6-15(2)12-16)27(25(30)24(21)29)14-18-8-5-11-32-18/h4,6-7,9-10,12-13,18,22,28H,3,5,8,11,14H2,1-2H3/b23-21+. The van der Waals surface area contributed by atoms with Gasteiger partial charge in [-0.05, 0) is 50.5 Å². The summed E-state index contributed by atoms with van der Waals surface area (Å²) >= 11 is 6.37. The normalized spacial score (nSPS) is 22.5. The van der Waals surface area contributed by atoms with Gasteiger partial charge in [-0.1, -0.05) is 41.4 Å². The molecule has 2 aromatic rings. The van der Waals surface area contributed by atoms with Crippen LogP contribution >= 0.6 is 11.6 Å². The van der Waals surface area contributed by atoms with E-state index in [-0.39, 0.29) is 34.6 Å². The monoisotopic (exact) mass is 455 g/mol. The Hall–Kier alpha value is -2.83. The fourth-order valence-electron chi connectivity index (χ4n) is 4.35. The smallest absolute Gasteiger partial charge is 0.295 e. The summed E-state index contributed by atoms with van der Waals surface area (Å²) in [4.78, 5) is 27.8. The molecule has 0 aromatic heterocycles. The molecule has 0 aliphatic carbocycles. The zero-order valence-corrected chi connectivity index (χ0v) is 18.9. The van der Waals surface area contributed by atoms with Crippen molar-refractivity contribution in [1.29, 1.82) is 0 Å². The fraction of sp³-hybridized carbons (Fsp3) is 0.360. The Morgan fingerprint density at radius 3 is 2.75 bits per heavy atom. The first kappa shape index (κ1) is 22.4. The van der Waals surface area contributed by atoms with Crippen molar-refractivity contribution in [3.8, 4) is 5.75 Å². The highest BCUT2D eigenvalue weighted by Crippen LogP contribution is 2.41. The van der Waals surface area contributed by atoms with Gasteiger partial charge < -0.3 is 19.5 Å². The second kappa shape index (κ2) is 9.35. The number of Topliss-reactive ketones (excluding diaryl/α,β-unsaturated/α-hetero) is 1. The first-order chi connectivity index (χ1) is 15.4. The molecular weight excluding hydrogens is 430 g/mol. The van der Waals surface area contributed by atoms with Crippen LogP contribution < -0.4 is 4.74 Å². The second-order valence-electron chi connectivity index (χ2n) is 8.08. The van der Waals surface area contributed by atoms with Crippen molar-refractivity contribution in [3.05, 3.63) is 69.8 Å². The maximum absolute atomic E-state index is 13.2. The highest BCUT2D eigenvalue weighted by Gasteiger charge is 2.47. The molecule has 0 bridgehead atoms. The van der Waals surface area contributed by atoms with Crippen molar-refractivity contribution < 1.29 is 24.2 Å². The van der Waals surface area contributed by atoms with Crippen LogP contribution in [0.4, 0.5) is 0 Å². The van der Waals surface area contributed by atoms with Crippen LogP contribution in [-0.4, -0.2) is 47.6 Å². The molecule has 168 valence electrons. The van der Waals surface area contributed by atoms with E-state index in [1.165, 1.54) is 4.90 Å². The number of amides is 1. The van der Waals surface area contributed by atoms with Crippen LogP contribution in [0, 0.1) is 6.92 Å². The topological polar surface area (TPSA) is 76.1 Å². The number of nitrogens with zero attached hydrogens (tertiary/aromatic N) is 1. The van der Waals surface area contributed by atoms with Crippen molar-refractivity contribution in [3.63, 3.8) is 0 Å². The quantitative estimate of drug-likeness (QED) is 0.390. The molecule has 0 saturated carbocycles. The van der Waals surface area contributed by atoms with E-state index in [0.29, 0.717) is 19.0 Å². The number of carbonyl (C=O) groups is 2. The Balaban J connectivity index is 1.85. The maximum atomic E-state index is 13.2. The molecule has 7 heteroatoms. The Kier molecular flexibility index (Phi) is 6.53. The number of aliphatic hydroxyl groups is 1. The molecule has 2 aliphatic rings. The second-order valence-corrected chi connectivity index (χ2v) is 8.48. The van der Waals surface area contributed by atoms with Gasteiger partial charge in [-0.3, -0.25) is 9.59 Å². The van der Waals surface area contributed by atoms with E-state index >= 15 is 0 Å². The van der Waals surface area contributed by atoms with E-state index in [4.69, 9.17) is 21.1 Å². The van der Waals surface area contributed by atoms with Crippen molar-refractivity contribution in [2.45, 2.75) is 38.8 Å². The number of likely N-dealkylation sites (tertiary alicyclic amines) is 1. The molecular formula is C25H26ClNO5. The highest BCUT2D eigenvalue weighted by atomic mass is 35.5. The lowest BCUT2D eigenvalue weighted by Gasteiger charge is -2.27.